The van der Waals surface area contributed by atoms with Gasteiger partial charge in [0.15, 0.2) is 0 Å². The van der Waals surface area contributed by atoms with E-state index in [1.54, 1.807) is 0 Å². The molecule has 1 aliphatic carbocycles. The van der Waals surface area contributed by atoms with Crippen LogP contribution >= 0.6 is 11.3 Å². The number of thiophene rings is 1. The summed E-state index contributed by atoms with van der Waals surface area (Å²) in [5, 5.41) is 5.10. The minimum Gasteiger partial charge on any atom is -0.310 e. The first-order valence-corrected chi connectivity index (χ1v) is 19.7. The van der Waals surface area contributed by atoms with Crippen LogP contribution < -0.4 is 4.90 Å². The number of rotatable bonds is 6. The molecule has 55 heavy (non-hydrogen) atoms. The van der Waals surface area contributed by atoms with E-state index in [0.29, 0.717) is 0 Å². The molecular formula is C53H35NS. The zero-order valence-electron chi connectivity index (χ0n) is 30.1. The number of anilines is 3. The summed E-state index contributed by atoms with van der Waals surface area (Å²) in [6.45, 7) is 0. The molecule has 1 unspecified atom stereocenters. The molecule has 1 nitrogen and oxygen atoms in total. The number of nitrogens with zero attached hydrogens (tertiary/aromatic N) is 1. The lowest BCUT2D eigenvalue weighted by Gasteiger charge is -2.34. The first-order valence-electron chi connectivity index (χ1n) is 18.9. The average Bonchev–Trinajstić information content (AvgIpc) is 3.79. The molecule has 0 saturated carbocycles. The van der Waals surface area contributed by atoms with E-state index < -0.39 is 5.41 Å². The Hall–Kier alpha value is -6.74. The highest BCUT2D eigenvalue weighted by Crippen LogP contribution is 2.59. The first-order chi connectivity index (χ1) is 27.3. The fourth-order valence-electron chi connectivity index (χ4n) is 9.09. The first kappa shape index (κ1) is 31.8. The Morgan fingerprint density at radius 3 is 1.82 bits per heavy atom. The quantitative estimate of drug-likeness (QED) is 0.166. The fourth-order valence-corrected chi connectivity index (χ4v) is 10.4. The van der Waals surface area contributed by atoms with Crippen molar-refractivity contribution in [1.29, 1.82) is 0 Å². The van der Waals surface area contributed by atoms with Gasteiger partial charge < -0.3 is 4.90 Å². The molecule has 0 N–H and O–H groups in total. The number of para-hydroxylation sites is 1. The van der Waals surface area contributed by atoms with Crippen molar-refractivity contribution in [2.75, 3.05) is 4.90 Å². The summed E-state index contributed by atoms with van der Waals surface area (Å²) in [6, 6.07) is 78.1. The molecule has 9 aromatic carbocycles. The van der Waals surface area contributed by atoms with Gasteiger partial charge in [-0.15, -0.1) is 11.3 Å². The van der Waals surface area contributed by atoms with Crippen LogP contribution in [0.4, 0.5) is 17.1 Å². The predicted molar refractivity (Wildman–Crippen MR) is 234 cm³/mol. The third kappa shape index (κ3) is 4.92. The van der Waals surface area contributed by atoms with Crippen molar-refractivity contribution < 1.29 is 0 Å². The van der Waals surface area contributed by atoms with Gasteiger partial charge in [0.25, 0.3) is 0 Å². The maximum atomic E-state index is 2.41. The van der Waals surface area contributed by atoms with Gasteiger partial charge >= 0.3 is 0 Å². The molecule has 0 fully saturated rings. The molecule has 0 radical (unpaired) electrons. The standard InChI is InChI=1S/C53H35NS/c1-4-14-36(15-5-1)37-24-25-39-35-44(29-26-38(39)34-37)54(42-18-8-3-9-19-42)43-30-27-41(28-31-43)53(40-16-6-2-7-17-40)48-22-12-10-21-47(48)51-49(53)33-32-46-45-20-11-13-23-50(45)55-52(46)51/h1-35H. The van der Waals surface area contributed by atoms with Crippen molar-refractivity contribution in [3.63, 3.8) is 0 Å². The molecule has 1 atom stereocenters. The molecule has 2 heteroatoms. The number of benzene rings is 9. The Morgan fingerprint density at radius 2 is 1.00 bits per heavy atom. The second kappa shape index (κ2) is 12.7. The number of hydrogen-bond acceptors (Lipinski definition) is 2. The van der Waals surface area contributed by atoms with Crippen molar-refractivity contribution in [3.8, 4) is 22.3 Å². The van der Waals surface area contributed by atoms with Crippen LogP contribution in [0, 0.1) is 0 Å². The Morgan fingerprint density at radius 1 is 0.382 bits per heavy atom. The zero-order valence-corrected chi connectivity index (χ0v) is 30.9. The summed E-state index contributed by atoms with van der Waals surface area (Å²) >= 11 is 1.92. The van der Waals surface area contributed by atoms with Crippen molar-refractivity contribution in [3.05, 3.63) is 235 Å². The summed E-state index contributed by atoms with van der Waals surface area (Å²) in [5.41, 5.74) is 13.2. The molecular weight excluding hydrogens is 683 g/mol. The Labute approximate surface area is 325 Å². The highest BCUT2D eigenvalue weighted by molar-refractivity contribution is 7.26. The lowest BCUT2D eigenvalue weighted by molar-refractivity contribution is 0.769. The highest BCUT2D eigenvalue weighted by Gasteiger charge is 2.47. The van der Waals surface area contributed by atoms with Gasteiger partial charge in [-0.3, -0.25) is 0 Å². The Balaban J connectivity index is 1.09. The fraction of sp³-hybridized carbons (Fsp3) is 0.0189. The van der Waals surface area contributed by atoms with E-state index in [2.05, 4.69) is 217 Å². The zero-order chi connectivity index (χ0) is 36.3. The molecule has 0 spiro atoms. The van der Waals surface area contributed by atoms with Crippen LogP contribution in [0.5, 0.6) is 0 Å². The highest BCUT2D eigenvalue weighted by atomic mass is 32.1. The molecule has 0 saturated heterocycles. The second-order valence-electron chi connectivity index (χ2n) is 14.5. The van der Waals surface area contributed by atoms with E-state index in [0.717, 1.165) is 17.1 Å². The molecule has 11 rings (SSSR count). The molecule has 0 bridgehead atoms. The van der Waals surface area contributed by atoms with Crippen LogP contribution in [0.15, 0.2) is 212 Å². The van der Waals surface area contributed by atoms with E-state index in [4.69, 9.17) is 0 Å². The van der Waals surface area contributed by atoms with E-state index in [-0.39, 0.29) is 0 Å². The van der Waals surface area contributed by atoms with Gasteiger partial charge in [-0.05, 0) is 98.2 Å². The van der Waals surface area contributed by atoms with Crippen LogP contribution in [0.2, 0.25) is 0 Å². The topological polar surface area (TPSA) is 3.24 Å². The number of fused-ring (bicyclic) bond motifs is 8. The predicted octanol–water partition coefficient (Wildman–Crippen LogP) is 14.7. The van der Waals surface area contributed by atoms with Gasteiger partial charge in [0.1, 0.15) is 0 Å². The molecule has 258 valence electrons. The van der Waals surface area contributed by atoms with Gasteiger partial charge in [-0.1, -0.05) is 164 Å². The minimum absolute atomic E-state index is 0.479. The maximum Gasteiger partial charge on any atom is 0.0714 e. The normalized spacial score (nSPS) is 14.6. The molecule has 10 aromatic rings. The second-order valence-corrected chi connectivity index (χ2v) is 15.5. The van der Waals surface area contributed by atoms with Crippen molar-refractivity contribution in [2.45, 2.75) is 5.41 Å². The summed E-state index contributed by atoms with van der Waals surface area (Å²) in [6.07, 6.45) is 0. The maximum absolute atomic E-state index is 2.41. The van der Waals surface area contributed by atoms with Crippen LogP contribution in [0.1, 0.15) is 22.3 Å². The largest absolute Gasteiger partial charge is 0.310 e. The summed E-state index contributed by atoms with van der Waals surface area (Å²) in [4.78, 5) is 2.38. The lowest BCUT2D eigenvalue weighted by atomic mass is 9.67. The number of hydrogen-bond donors (Lipinski definition) is 0. The van der Waals surface area contributed by atoms with Crippen LogP contribution in [0.3, 0.4) is 0 Å². The van der Waals surface area contributed by atoms with Crippen LogP contribution in [-0.2, 0) is 5.41 Å². The van der Waals surface area contributed by atoms with Gasteiger partial charge in [0, 0.05) is 42.8 Å². The summed E-state index contributed by atoms with van der Waals surface area (Å²) in [5.74, 6) is 0. The van der Waals surface area contributed by atoms with Gasteiger partial charge in [-0.2, -0.15) is 0 Å². The Bertz CT molecular complexity index is 3020. The van der Waals surface area contributed by atoms with E-state index in [9.17, 15) is 0 Å². The monoisotopic (exact) mass is 717 g/mol. The smallest absolute Gasteiger partial charge is 0.0714 e. The minimum atomic E-state index is -0.479. The van der Waals surface area contributed by atoms with Crippen molar-refractivity contribution in [2.24, 2.45) is 0 Å². The van der Waals surface area contributed by atoms with Crippen LogP contribution in [0.25, 0.3) is 53.2 Å². The molecule has 0 amide bonds. The lowest BCUT2D eigenvalue weighted by Crippen LogP contribution is -2.28. The summed E-state index contributed by atoms with van der Waals surface area (Å²) < 4.78 is 2.69. The third-order valence-electron chi connectivity index (χ3n) is 11.5. The van der Waals surface area contributed by atoms with Gasteiger partial charge in [0.2, 0.25) is 0 Å². The SMILES string of the molecule is c1ccc(-c2ccc3cc(N(c4ccccc4)c4ccc(C5(c6ccccc6)c6ccccc6-c6c5ccc5c6sc6ccccc65)cc4)ccc3c2)cc1. The van der Waals surface area contributed by atoms with E-state index in [1.807, 2.05) is 11.3 Å². The van der Waals surface area contributed by atoms with Gasteiger partial charge in [0.05, 0.1) is 5.41 Å². The van der Waals surface area contributed by atoms with Gasteiger partial charge in [-0.25, -0.2) is 0 Å². The molecule has 1 aromatic heterocycles. The van der Waals surface area contributed by atoms with Crippen molar-refractivity contribution in [1.82, 2.24) is 0 Å². The average molecular weight is 718 g/mol. The van der Waals surface area contributed by atoms with Crippen molar-refractivity contribution >= 4 is 59.3 Å². The molecule has 0 aliphatic heterocycles. The van der Waals surface area contributed by atoms with E-state index >= 15 is 0 Å². The molecule has 1 aliphatic rings. The Kier molecular flexibility index (Phi) is 7.33. The summed E-state index contributed by atoms with van der Waals surface area (Å²) in [7, 11) is 0. The van der Waals surface area contributed by atoms with Crippen LogP contribution in [-0.4, -0.2) is 0 Å². The molecule has 1 heterocycles. The third-order valence-corrected chi connectivity index (χ3v) is 12.7. The van der Waals surface area contributed by atoms with E-state index in [1.165, 1.54) is 75.5 Å².